The molecule has 0 aliphatic heterocycles. The Morgan fingerprint density at radius 2 is 2.17 bits per heavy atom. The molecule has 0 bridgehead atoms. The van der Waals surface area contributed by atoms with Gasteiger partial charge in [-0.25, -0.2) is 4.39 Å². The minimum Gasteiger partial charge on any atom is -0.206 e. The molecule has 0 aliphatic rings. The molecule has 0 saturated carbocycles. The Kier molecular flexibility index (Phi) is 1.56. The first-order valence-corrected chi connectivity index (χ1v) is 4.26. The van der Waals surface area contributed by atoms with Crippen molar-refractivity contribution in [2.45, 2.75) is 0 Å². The zero-order chi connectivity index (χ0) is 8.55. The molecule has 0 radical (unpaired) electrons. The number of nitrogens with zero attached hydrogens (tertiary/aromatic N) is 1. The van der Waals surface area contributed by atoms with Gasteiger partial charge in [0.1, 0.15) is 11.9 Å². The van der Waals surface area contributed by atoms with E-state index < -0.39 is 5.82 Å². The van der Waals surface area contributed by atoms with Crippen LogP contribution < -0.4 is 0 Å². The lowest BCUT2D eigenvalue weighted by Crippen LogP contribution is -1.81. The second-order valence-corrected chi connectivity index (χ2v) is 3.31. The maximum atomic E-state index is 13.0. The first kappa shape index (κ1) is 7.26. The molecular formula is C9H4FNS. The molecule has 1 aromatic carbocycles. The molecule has 1 nitrogen and oxygen atoms in total. The lowest BCUT2D eigenvalue weighted by atomic mass is 10.1. The second-order valence-electron chi connectivity index (χ2n) is 2.37. The molecule has 0 saturated heterocycles. The minimum absolute atomic E-state index is 0.147. The van der Waals surface area contributed by atoms with Gasteiger partial charge in [-0.3, -0.25) is 0 Å². The summed E-state index contributed by atoms with van der Waals surface area (Å²) in [5.41, 5.74) is 0.147. The third-order valence-electron chi connectivity index (χ3n) is 1.70. The van der Waals surface area contributed by atoms with E-state index in [0.717, 1.165) is 4.70 Å². The van der Waals surface area contributed by atoms with Crippen molar-refractivity contribution < 1.29 is 4.39 Å². The quantitative estimate of drug-likeness (QED) is 0.607. The summed E-state index contributed by atoms with van der Waals surface area (Å²) in [4.78, 5) is 0. The number of fused-ring (bicyclic) bond motifs is 1. The Bertz CT molecular complexity index is 467. The van der Waals surface area contributed by atoms with Gasteiger partial charge in [-0.2, -0.15) is 5.26 Å². The number of rotatable bonds is 0. The van der Waals surface area contributed by atoms with E-state index in [0.29, 0.717) is 5.39 Å². The highest BCUT2D eigenvalue weighted by Crippen LogP contribution is 2.25. The van der Waals surface area contributed by atoms with Crippen LogP contribution in [-0.2, 0) is 0 Å². The van der Waals surface area contributed by atoms with E-state index in [4.69, 9.17) is 5.26 Å². The molecule has 0 aliphatic carbocycles. The summed E-state index contributed by atoms with van der Waals surface area (Å²) >= 11 is 1.51. The van der Waals surface area contributed by atoms with Crippen molar-refractivity contribution >= 4 is 21.4 Å². The van der Waals surface area contributed by atoms with Crippen molar-refractivity contribution in [3.8, 4) is 6.07 Å². The van der Waals surface area contributed by atoms with Crippen LogP contribution in [0.25, 0.3) is 10.1 Å². The number of hydrogen-bond acceptors (Lipinski definition) is 2. The fourth-order valence-corrected chi connectivity index (χ4v) is 1.93. The first-order valence-electron chi connectivity index (χ1n) is 3.39. The molecular weight excluding hydrogens is 173 g/mol. The molecule has 1 heterocycles. The number of thiophene rings is 1. The first-order chi connectivity index (χ1) is 5.83. The highest BCUT2D eigenvalue weighted by Gasteiger charge is 2.06. The standard InChI is InChI=1S/C9H4FNS/c10-8-1-2-9-6(3-4-12-9)7(8)5-11/h1-4H. The Morgan fingerprint density at radius 3 is 2.92 bits per heavy atom. The Hall–Kier alpha value is -1.40. The van der Waals surface area contributed by atoms with Gasteiger partial charge in [0.2, 0.25) is 0 Å². The molecule has 1 aromatic heterocycles. The van der Waals surface area contributed by atoms with Crippen molar-refractivity contribution in [2.75, 3.05) is 0 Å². The number of nitriles is 1. The van der Waals surface area contributed by atoms with E-state index in [1.807, 2.05) is 11.4 Å². The Balaban J connectivity index is 2.94. The Morgan fingerprint density at radius 1 is 1.33 bits per heavy atom. The molecule has 0 spiro atoms. The number of benzene rings is 1. The van der Waals surface area contributed by atoms with E-state index >= 15 is 0 Å². The normalized spacial score (nSPS) is 10.0. The van der Waals surface area contributed by atoms with Gasteiger partial charge in [0.15, 0.2) is 0 Å². The maximum absolute atomic E-state index is 13.0. The van der Waals surface area contributed by atoms with E-state index in [9.17, 15) is 4.39 Å². The van der Waals surface area contributed by atoms with Gasteiger partial charge in [0, 0.05) is 10.1 Å². The molecule has 2 rings (SSSR count). The summed E-state index contributed by atoms with van der Waals surface area (Å²) in [7, 11) is 0. The van der Waals surface area contributed by atoms with Gasteiger partial charge in [0.25, 0.3) is 0 Å². The van der Waals surface area contributed by atoms with Crippen molar-refractivity contribution in [2.24, 2.45) is 0 Å². The zero-order valence-corrected chi connectivity index (χ0v) is 6.86. The van der Waals surface area contributed by atoms with E-state index in [1.54, 1.807) is 12.1 Å². The lowest BCUT2D eigenvalue weighted by Gasteiger charge is -1.93. The van der Waals surface area contributed by atoms with Crippen molar-refractivity contribution in [3.63, 3.8) is 0 Å². The van der Waals surface area contributed by atoms with E-state index in [2.05, 4.69) is 0 Å². The topological polar surface area (TPSA) is 23.8 Å². The Labute approximate surface area is 72.7 Å². The van der Waals surface area contributed by atoms with Crippen LogP contribution in [0.4, 0.5) is 4.39 Å². The molecule has 58 valence electrons. The van der Waals surface area contributed by atoms with Gasteiger partial charge in [-0.15, -0.1) is 11.3 Å². The van der Waals surface area contributed by atoms with Crippen molar-refractivity contribution in [1.82, 2.24) is 0 Å². The zero-order valence-electron chi connectivity index (χ0n) is 6.04. The van der Waals surface area contributed by atoms with Crippen LogP contribution in [0.5, 0.6) is 0 Å². The van der Waals surface area contributed by atoms with Crippen molar-refractivity contribution in [1.29, 1.82) is 5.26 Å². The largest absolute Gasteiger partial charge is 0.206 e. The van der Waals surface area contributed by atoms with Crippen LogP contribution in [0.2, 0.25) is 0 Å². The number of hydrogen-bond donors (Lipinski definition) is 0. The monoisotopic (exact) mass is 177 g/mol. The van der Waals surface area contributed by atoms with Gasteiger partial charge in [-0.05, 0) is 23.6 Å². The minimum atomic E-state index is -0.441. The van der Waals surface area contributed by atoms with E-state index in [-0.39, 0.29) is 5.56 Å². The third kappa shape index (κ3) is 0.892. The predicted molar refractivity (Wildman–Crippen MR) is 46.5 cm³/mol. The van der Waals surface area contributed by atoms with E-state index in [1.165, 1.54) is 17.4 Å². The number of halogens is 1. The summed E-state index contributed by atoms with van der Waals surface area (Å²) in [6.07, 6.45) is 0. The second kappa shape index (κ2) is 2.58. The van der Waals surface area contributed by atoms with Crippen LogP contribution in [0, 0.1) is 17.1 Å². The van der Waals surface area contributed by atoms with Gasteiger partial charge in [0.05, 0.1) is 5.56 Å². The summed E-state index contributed by atoms with van der Waals surface area (Å²) < 4.78 is 13.9. The SMILES string of the molecule is N#Cc1c(F)ccc2sccc12. The van der Waals surface area contributed by atoms with Gasteiger partial charge >= 0.3 is 0 Å². The smallest absolute Gasteiger partial charge is 0.141 e. The van der Waals surface area contributed by atoms with Crippen LogP contribution in [0.3, 0.4) is 0 Å². The van der Waals surface area contributed by atoms with Crippen LogP contribution in [-0.4, -0.2) is 0 Å². The average Bonchev–Trinajstić information content (AvgIpc) is 2.52. The van der Waals surface area contributed by atoms with Crippen LogP contribution in [0.15, 0.2) is 23.6 Å². The van der Waals surface area contributed by atoms with Gasteiger partial charge < -0.3 is 0 Å². The summed E-state index contributed by atoms with van der Waals surface area (Å²) in [5, 5.41) is 11.2. The van der Waals surface area contributed by atoms with Crippen LogP contribution in [0.1, 0.15) is 5.56 Å². The molecule has 0 atom stereocenters. The lowest BCUT2D eigenvalue weighted by molar-refractivity contribution is 0.626. The molecule has 2 aromatic rings. The van der Waals surface area contributed by atoms with Crippen molar-refractivity contribution in [3.05, 3.63) is 35.0 Å². The molecule has 0 N–H and O–H groups in total. The fraction of sp³-hybridized carbons (Fsp3) is 0. The molecule has 0 amide bonds. The predicted octanol–water partition coefficient (Wildman–Crippen LogP) is 2.91. The highest BCUT2D eigenvalue weighted by atomic mass is 32.1. The molecule has 12 heavy (non-hydrogen) atoms. The summed E-state index contributed by atoms with van der Waals surface area (Å²) in [6, 6.07) is 6.64. The van der Waals surface area contributed by atoms with Gasteiger partial charge in [-0.1, -0.05) is 0 Å². The molecule has 0 unspecified atom stereocenters. The molecule has 0 fully saturated rings. The fourth-order valence-electron chi connectivity index (χ4n) is 1.13. The highest BCUT2D eigenvalue weighted by molar-refractivity contribution is 7.17. The third-order valence-corrected chi connectivity index (χ3v) is 2.58. The van der Waals surface area contributed by atoms with Crippen LogP contribution >= 0.6 is 11.3 Å². The summed E-state index contributed by atoms with van der Waals surface area (Å²) in [5.74, 6) is -0.441. The summed E-state index contributed by atoms with van der Waals surface area (Å²) in [6.45, 7) is 0. The average molecular weight is 177 g/mol. The molecule has 3 heteroatoms. The maximum Gasteiger partial charge on any atom is 0.141 e.